The topological polar surface area (TPSA) is 44.0 Å². The molecule has 33 heavy (non-hydrogen) atoms. The molecule has 3 aromatic rings. The minimum atomic E-state index is -1.03. The predicted molar refractivity (Wildman–Crippen MR) is 131 cm³/mol. The van der Waals surface area contributed by atoms with E-state index in [1.54, 1.807) is 19.2 Å². The molecule has 0 unspecified atom stereocenters. The second-order valence-corrected chi connectivity index (χ2v) is 8.18. The van der Waals surface area contributed by atoms with E-state index in [1.807, 2.05) is 37.3 Å². The van der Waals surface area contributed by atoms with Gasteiger partial charge in [-0.15, -0.1) is 11.3 Å². The second kappa shape index (κ2) is 10.7. The number of hydrogen-bond acceptors (Lipinski definition) is 3. The molecule has 2 aromatic heterocycles. The Morgan fingerprint density at radius 3 is 2.67 bits per heavy atom. The molecule has 1 aromatic carbocycles. The lowest BCUT2D eigenvalue weighted by molar-refractivity contribution is 0.506. The molecule has 0 bridgehead atoms. The lowest BCUT2D eigenvalue weighted by Gasteiger charge is -2.08. The number of allylic oxidation sites excluding steroid dienone is 7. The van der Waals surface area contributed by atoms with Crippen molar-refractivity contribution >= 4 is 21.6 Å². The first-order chi connectivity index (χ1) is 15.8. The first-order valence-electron chi connectivity index (χ1n) is 10.1. The summed E-state index contributed by atoms with van der Waals surface area (Å²) >= 11 is 1.26. The Labute approximate surface area is 194 Å². The highest BCUT2D eigenvalue weighted by molar-refractivity contribution is 7.19. The first kappa shape index (κ1) is 23.9. The molecule has 0 saturated carbocycles. The maximum Gasteiger partial charge on any atom is 0.332 e. The standard InChI is InChI=1S/C26H22F2N2O2S/c1-4-6-7-10-18(9-5-2)11-8-12-20-16-21-24(31)30(26(32)29(3)25(21)33-20)17-19-13-14-22(27)23(28)15-19/h4-7,9-10,13-16H,2,11,17H2,1,3H3/b6-4-,10-7-,18-9+. The van der Waals surface area contributed by atoms with Crippen molar-refractivity contribution < 1.29 is 8.78 Å². The van der Waals surface area contributed by atoms with Gasteiger partial charge in [0.15, 0.2) is 11.6 Å². The van der Waals surface area contributed by atoms with Gasteiger partial charge >= 0.3 is 5.69 Å². The molecular formula is C26H22F2N2O2S. The quantitative estimate of drug-likeness (QED) is 0.378. The van der Waals surface area contributed by atoms with Gasteiger partial charge in [0.2, 0.25) is 0 Å². The van der Waals surface area contributed by atoms with Gasteiger partial charge in [-0.2, -0.15) is 0 Å². The van der Waals surface area contributed by atoms with E-state index in [9.17, 15) is 18.4 Å². The van der Waals surface area contributed by atoms with Crippen LogP contribution in [0.15, 0.2) is 82.5 Å². The summed E-state index contributed by atoms with van der Waals surface area (Å²) in [6.07, 6.45) is 11.8. The van der Waals surface area contributed by atoms with E-state index in [0.29, 0.717) is 27.1 Å². The van der Waals surface area contributed by atoms with Crippen molar-refractivity contribution in [3.8, 4) is 11.8 Å². The molecule has 4 nitrogen and oxygen atoms in total. The largest absolute Gasteiger partial charge is 0.332 e. The summed E-state index contributed by atoms with van der Waals surface area (Å²) in [6.45, 7) is 5.48. The summed E-state index contributed by atoms with van der Waals surface area (Å²) in [5.41, 5.74) is 0.265. The zero-order valence-corrected chi connectivity index (χ0v) is 19.1. The summed E-state index contributed by atoms with van der Waals surface area (Å²) in [5.74, 6) is 4.13. The van der Waals surface area contributed by atoms with Crippen molar-refractivity contribution in [1.82, 2.24) is 9.13 Å². The molecule has 0 aliphatic heterocycles. The third-order valence-electron chi connectivity index (χ3n) is 4.79. The van der Waals surface area contributed by atoms with Crippen LogP contribution in [0.2, 0.25) is 0 Å². The monoisotopic (exact) mass is 464 g/mol. The van der Waals surface area contributed by atoms with Gasteiger partial charge in [0.05, 0.1) is 16.8 Å². The van der Waals surface area contributed by atoms with E-state index in [0.717, 1.165) is 22.3 Å². The number of rotatable bonds is 6. The SMILES string of the molecule is C=C\C=C(/C=C\C=C/C)CC#Cc1cc2c(=O)n(Cc3ccc(F)c(F)c3)c(=O)n(C)c2s1. The van der Waals surface area contributed by atoms with Crippen LogP contribution in [0.5, 0.6) is 0 Å². The summed E-state index contributed by atoms with van der Waals surface area (Å²) in [5, 5.41) is 0.351. The maximum atomic E-state index is 13.6. The van der Waals surface area contributed by atoms with Gasteiger partial charge in [0.25, 0.3) is 5.56 Å². The van der Waals surface area contributed by atoms with Crippen LogP contribution in [0.25, 0.3) is 10.2 Å². The van der Waals surface area contributed by atoms with Crippen molar-refractivity contribution in [2.45, 2.75) is 19.9 Å². The molecular weight excluding hydrogens is 442 g/mol. The van der Waals surface area contributed by atoms with Crippen LogP contribution >= 0.6 is 11.3 Å². The van der Waals surface area contributed by atoms with Crippen LogP contribution in [0.1, 0.15) is 23.8 Å². The van der Waals surface area contributed by atoms with E-state index in [1.165, 1.54) is 22.0 Å². The number of benzene rings is 1. The molecule has 0 aliphatic carbocycles. The van der Waals surface area contributed by atoms with Crippen LogP contribution in [0.3, 0.4) is 0 Å². The first-order valence-corrected chi connectivity index (χ1v) is 10.9. The lowest BCUT2D eigenvalue weighted by atomic mass is 10.1. The average molecular weight is 465 g/mol. The van der Waals surface area contributed by atoms with Gasteiger partial charge in [0.1, 0.15) is 4.83 Å². The highest BCUT2D eigenvalue weighted by Gasteiger charge is 2.15. The molecule has 0 radical (unpaired) electrons. The molecule has 0 atom stereocenters. The van der Waals surface area contributed by atoms with Gasteiger partial charge in [0, 0.05) is 13.5 Å². The highest BCUT2D eigenvalue weighted by atomic mass is 32.1. The molecule has 0 fully saturated rings. The molecule has 168 valence electrons. The molecule has 0 N–H and O–H groups in total. The third kappa shape index (κ3) is 5.54. The fraction of sp³-hybridized carbons (Fsp3) is 0.154. The van der Waals surface area contributed by atoms with Crippen LogP contribution in [0, 0.1) is 23.5 Å². The maximum absolute atomic E-state index is 13.6. The number of halogens is 2. The minimum Gasteiger partial charge on any atom is -0.287 e. The zero-order valence-electron chi connectivity index (χ0n) is 18.3. The van der Waals surface area contributed by atoms with Crippen molar-refractivity contribution in [3.63, 3.8) is 0 Å². The van der Waals surface area contributed by atoms with E-state index < -0.39 is 22.9 Å². The molecule has 0 aliphatic rings. The van der Waals surface area contributed by atoms with E-state index in [2.05, 4.69) is 18.4 Å². The molecule has 7 heteroatoms. The van der Waals surface area contributed by atoms with Crippen molar-refractivity contribution in [1.29, 1.82) is 0 Å². The number of nitrogens with zero attached hydrogens (tertiary/aromatic N) is 2. The van der Waals surface area contributed by atoms with Gasteiger partial charge in [-0.1, -0.05) is 60.9 Å². The fourth-order valence-corrected chi connectivity index (χ4v) is 4.13. The van der Waals surface area contributed by atoms with Crippen molar-refractivity contribution in [2.24, 2.45) is 7.05 Å². The Morgan fingerprint density at radius 2 is 1.97 bits per heavy atom. The Hall–Kier alpha value is -3.76. The van der Waals surface area contributed by atoms with Crippen LogP contribution in [0.4, 0.5) is 8.78 Å². The van der Waals surface area contributed by atoms with Gasteiger partial charge in [-0.3, -0.25) is 13.9 Å². The van der Waals surface area contributed by atoms with Crippen LogP contribution in [-0.2, 0) is 13.6 Å². The number of aromatic nitrogens is 2. The summed E-state index contributed by atoms with van der Waals surface area (Å²) < 4.78 is 29.1. The van der Waals surface area contributed by atoms with Crippen molar-refractivity contribution in [2.75, 3.05) is 0 Å². The fourth-order valence-electron chi connectivity index (χ4n) is 3.15. The molecule has 3 rings (SSSR count). The van der Waals surface area contributed by atoms with Crippen molar-refractivity contribution in [3.05, 3.63) is 116 Å². The summed E-state index contributed by atoms with van der Waals surface area (Å²) in [4.78, 5) is 26.9. The van der Waals surface area contributed by atoms with E-state index in [4.69, 9.17) is 0 Å². The Morgan fingerprint density at radius 1 is 1.18 bits per heavy atom. The number of aryl methyl sites for hydroxylation is 1. The normalized spacial score (nSPS) is 11.9. The van der Waals surface area contributed by atoms with Gasteiger partial charge in [-0.05, 0) is 36.3 Å². The molecule has 0 spiro atoms. The van der Waals surface area contributed by atoms with E-state index >= 15 is 0 Å². The van der Waals surface area contributed by atoms with Crippen LogP contribution < -0.4 is 11.2 Å². The highest BCUT2D eigenvalue weighted by Crippen LogP contribution is 2.21. The summed E-state index contributed by atoms with van der Waals surface area (Å²) in [6, 6.07) is 4.95. The zero-order chi connectivity index (χ0) is 24.0. The predicted octanol–water partition coefficient (Wildman–Crippen LogP) is 5.07. The van der Waals surface area contributed by atoms with Gasteiger partial charge in [-0.25, -0.2) is 13.6 Å². The molecule has 0 amide bonds. The Balaban J connectivity index is 1.95. The molecule has 0 saturated heterocycles. The number of thiophene rings is 1. The third-order valence-corrected chi connectivity index (χ3v) is 5.91. The Kier molecular flexibility index (Phi) is 7.75. The van der Waals surface area contributed by atoms with E-state index in [-0.39, 0.29) is 6.54 Å². The Bertz CT molecular complexity index is 1470. The smallest absolute Gasteiger partial charge is 0.287 e. The lowest BCUT2D eigenvalue weighted by Crippen LogP contribution is -2.38. The summed E-state index contributed by atoms with van der Waals surface area (Å²) in [7, 11) is 1.57. The number of hydrogen-bond donors (Lipinski definition) is 0. The number of fused-ring (bicyclic) bond motifs is 1. The molecule has 2 heterocycles. The van der Waals surface area contributed by atoms with Gasteiger partial charge < -0.3 is 0 Å². The van der Waals surface area contributed by atoms with Crippen LogP contribution in [-0.4, -0.2) is 9.13 Å². The average Bonchev–Trinajstić information content (AvgIpc) is 3.22. The minimum absolute atomic E-state index is 0.163. The second-order valence-electron chi connectivity index (χ2n) is 7.15.